The smallest absolute Gasteiger partial charge is 0.305 e. The van der Waals surface area contributed by atoms with Crippen LogP contribution in [0.4, 0.5) is 8.78 Å². The molecule has 84 valence electrons. The Labute approximate surface area is 82.1 Å². The molecule has 0 aliphatic heterocycles. The van der Waals surface area contributed by atoms with Gasteiger partial charge in [-0.25, -0.2) is 8.78 Å². The van der Waals surface area contributed by atoms with Crippen LogP contribution in [0.25, 0.3) is 0 Å². The first kappa shape index (κ1) is 13.3. The van der Waals surface area contributed by atoms with E-state index in [2.05, 4.69) is 4.74 Å². The molecule has 0 aliphatic carbocycles. The molecule has 0 rings (SSSR count). The Balaban J connectivity index is 3.68. The van der Waals surface area contributed by atoms with Gasteiger partial charge in [-0.15, -0.1) is 0 Å². The highest BCUT2D eigenvalue weighted by Crippen LogP contribution is 2.25. The van der Waals surface area contributed by atoms with Crippen molar-refractivity contribution in [2.24, 2.45) is 0 Å². The number of carbonyl (C=O) groups is 1. The minimum atomic E-state index is -2.88. The van der Waals surface area contributed by atoms with Crippen LogP contribution in [0, 0.1) is 0 Å². The molecule has 0 saturated carbocycles. The van der Waals surface area contributed by atoms with Crippen molar-refractivity contribution in [2.45, 2.75) is 38.5 Å². The van der Waals surface area contributed by atoms with E-state index in [0.717, 1.165) is 0 Å². The first-order chi connectivity index (χ1) is 6.52. The molecule has 0 aliphatic rings. The first-order valence-corrected chi connectivity index (χ1v) is 4.66. The Morgan fingerprint density at radius 2 is 2.07 bits per heavy atom. The summed E-state index contributed by atoms with van der Waals surface area (Å²) < 4.78 is 30.3. The van der Waals surface area contributed by atoms with Crippen LogP contribution in [0.1, 0.15) is 32.6 Å². The highest BCUT2D eigenvalue weighted by atomic mass is 19.3. The molecule has 14 heavy (non-hydrogen) atoms. The number of aliphatic hydroxyl groups excluding tert-OH is 1. The monoisotopic (exact) mass is 210 g/mol. The molecule has 0 bridgehead atoms. The Hall–Kier alpha value is -0.710. The normalized spacial score (nSPS) is 11.4. The number of alkyl halides is 2. The average molecular weight is 210 g/mol. The largest absolute Gasteiger partial charge is 0.466 e. The molecule has 3 nitrogen and oxygen atoms in total. The molecule has 0 heterocycles. The van der Waals surface area contributed by atoms with Gasteiger partial charge in [0.1, 0.15) is 0 Å². The molecule has 0 radical (unpaired) electrons. The SMILES string of the molecule is CCOC(=O)CCC(F)(F)CCCO. The maximum absolute atomic E-state index is 12.9. The molecule has 0 amide bonds. The fourth-order valence-electron chi connectivity index (χ4n) is 0.981. The molecule has 0 aromatic heterocycles. The predicted octanol–water partition coefficient (Wildman–Crippen LogP) is 1.74. The zero-order chi connectivity index (χ0) is 11.0. The van der Waals surface area contributed by atoms with E-state index < -0.39 is 18.3 Å². The van der Waals surface area contributed by atoms with E-state index in [1.807, 2.05) is 0 Å². The minimum absolute atomic E-state index is 0.0514. The Bertz CT molecular complexity index is 171. The van der Waals surface area contributed by atoms with Crippen LogP contribution in [0.2, 0.25) is 0 Å². The molecule has 0 fully saturated rings. The van der Waals surface area contributed by atoms with Crippen LogP contribution in [-0.4, -0.2) is 30.2 Å². The number of halogens is 2. The number of rotatable bonds is 7. The van der Waals surface area contributed by atoms with Gasteiger partial charge in [0.15, 0.2) is 0 Å². The quantitative estimate of drug-likeness (QED) is 0.651. The zero-order valence-electron chi connectivity index (χ0n) is 8.26. The first-order valence-electron chi connectivity index (χ1n) is 4.66. The van der Waals surface area contributed by atoms with Gasteiger partial charge in [0.05, 0.1) is 13.0 Å². The van der Waals surface area contributed by atoms with E-state index in [4.69, 9.17) is 5.11 Å². The summed E-state index contributed by atoms with van der Waals surface area (Å²) in [4.78, 5) is 10.8. The van der Waals surface area contributed by atoms with Crippen molar-refractivity contribution in [3.63, 3.8) is 0 Å². The summed E-state index contributed by atoms with van der Waals surface area (Å²) in [5.74, 6) is -3.48. The van der Waals surface area contributed by atoms with Crippen LogP contribution in [0.5, 0.6) is 0 Å². The molecule has 0 atom stereocenters. The second-order valence-electron chi connectivity index (χ2n) is 2.99. The van der Waals surface area contributed by atoms with Crippen LogP contribution in [0.15, 0.2) is 0 Å². The number of esters is 1. The number of ether oxygens (including phenoxy) is 1. The van der Waals surface area contributed by atoms with Crippen molar-refractivity contribution >= 4 is 5.97 Å². The lowest BCUT2D eigenvalue weighted by molar-refractivity contribution is -0.145. The van der Waals surface area contributed by atoms with E-state index in [0.29, 0.717) is 0 Å². The number of hydrogen-bond donors (Lipinski definition) is 1. The molecule has 0 saturated heterocycles. The van der Waals surface area contributed by atoms with Gasteiger partial charge in [-0.05, 0) is 13.3 Å². The maximum Gasteiger partial charge on any atom is 0.305 e. The second-order valence-corrected chi connectivity index (χ2v) is 2.99. The molecule has 0 spiro atoms. The Kier molecular flexibility index (Phi) is 6.36. The van der Waals surface area contributed by atoms with Crippen LogP contribution >= 0.6 is 0 Å². The third-order valence-corrected chi connectivity index (χ3v) is 1.70. The summed E-state index contributed by atoms with van der Waals surface area (Å²) in [6.45, 7) is 1.58. The summed E-state index contributed by atoms with van der Waals surface area (Å²) in [7, 11) is 0. The fraction of sp³-hybridized carbons (Fsp3) is 0.889. The lowest BCUT2D eigenvalue weighted by Crippen LogP contribution is -2.19. The Morgan fingerprint density at radius 3 is 2.57 bits per heavy atom. The summed E-state index contributed by atoms with van der Waals surface area (Å²) in [5, 5.41) is 8.37. The van der Waals surface area contributed by atoms with E-state index in [1.165, 1.54) is 0 Å². The topological polar surface area (TPSA) is 46.5 Å². The number of carbonyl (C=O) groups excluding carboxylic acids is 1. The van der Waals surface area contributed by atoms with Crippen molar-refractivity contribution in [3.05, 3.63) is 0 Å². The average Bonchev–Trinajstić information content (AvgIpc) is 2.13. The van der Waals surface area contributed by atoms with Gasteiger partial charge in [-0.1, -0.05) is 0 Å². The third-order valence-electron chi connectivity index (χ3n) is 1.70. The van der Waals surface area contributed by atoms with Crippen molar-refractivity contribution in [1.29, 1.82) is 0 Å². The molecule has 0 unspecified atom stereocenters. The highest BCUT2D eigenvalue weighted by molar-refractivity contribution is 5.69. The number of hydrogen-bond acceptors (Lipinski definition) is 3. The van der Waals surface area contributed by atoms with Gasteiger partial charge in [-0.3, -0.25) is 4.79 Å². The van der Waals surface area contributed by atoms with Crippen LogP contribution in [-0.2, 0) is 9.53 Å². The fourth-order valence-corrected chi connectivity index (χ4v) is 0.981. The van der Waals surface area contributed by atoms with E-state index in [9.17, 15) is 13.6 Å². The molecule has 1 N–H and O–H groups in total. The summed E-state index contributed by atoms with van der Waals surface area (Å²) in [5.41, 5.74) is 0. The van der Waals surface area contributed by atoms with Crippen LogP contribution in [0.3, 0.4) is 0 Å². The zero-order valence-corrected chi connectivity index (χ0v) is 8.26. The van der Waals surface area contributed by atoms with Crippen molar-refractivity contribution in [3.8, 4) is 0 Å². The molecule has 5 heteroatoms. The summed E-state index contributed by atoms with van der Waals surface area (Å²) >= 11 is 0. The van der Waals surface area contributed by atoms with Crippen LogP contribution < -0.4 is 0 Å². The van der Waals surface area contributed by atoms with Crippen molar-refractivity contribution in [1.82, 2.24) is 0 Å². The van der Waals surface area contributed by atoms with E-state index in [1.54, 1.807) is 6.92 Å². The van der Waals surface area contributed by atoms with Gasteiger partial charge >= 0.3 is 5.97 Å². The standard InChI is InChI=1S/C9H16F2O3/c1-2-14-8(13)4-6-9(10,11)5-3-7-12/h12H,2-7H2,1H3. The minimum Gasteiger partial charge on any atom is -0.466 e. The van der Waals surface area contributed by atoms with E-state index in [-0.39, 0.29) is 32.5 Å². The van der Waals surface area contributed by atoms with Gasteiger partial charge < -0.3 is 9.84 Å². The molecular weight excluding hydrogens is 194 g/mol. The Morgan fingerprint density at radius 1 is 1.43 bits per heavy atom. The van der Waals surface area contributed by atoms with Gasteiger partial charge in [0.25, 0.3) is 0 Å². The molecule has 0 aromatic rings. The van der Waals surface area contributed by atoms with E-state index >= 15 is 0 Å². The summed E-state index contributed by atoms with van der Waals surface area (Å²) in [6.07, 6.45) is -1.11. The molecular formula is C9H16F2O3. The lowest BCUT2D eigenvalue weighted by atomic mass is 10.1. The van der Waals surface area contributed by atoms with Gasteiger partial charge in [0.2, 0.25) is 5.92 Å². The molecule has 0 aromatic carbocycles. The highest BCUT2D eigenvalue weighted by Gasteiger charge is 2.28. The predicted molar refractivity (Wildman–Crippen MR) is 47.1 cm³/mol. The second kappa shape index (κ2) is 6.70. The third kappa shape index (κ3) is 6.77. The number of aliphatic hydroxyl groups is 1. The lowest BCUT2D eigenvalue weighted by Gasteiger charge is -2.14. The van der Waals surface area contributed by atoms with Crippen molar-refractivity contribution in [2.75, 3.05) is 13.2 Å². The van der Waals surface area contributed by atoms with Gasteiger partial charge in [0, 0.05) is 19.4 Å². The van der Waals surface area contributed by atoms with Gasteiger partial charge in [-0.2, -0.15) is 0 Å². The van der Waals surface area contributed by atoms with Crippen molar-refractivity contribution < 1.29 is 23.4 Å². The maximum atomic E-state index is 12.9. The summed E-state index contributed by atoms with van der Waals surface area (Å²) in [6, 6.07) is 0.